The molecule has 0 bridgehead atoms. The maximum absolute atomic E-state index is 15.1. The Hall–Kier alpha value is -5.96. The number of rotatable bonds is 6. The molecule has 0 saturated heterocycles. The highest BCUT2D eigenvalue weighted by molar-refractivity contribution is 6.31. The van der Waals surface area contributed by atoms with E-state index in [-0.39, 0.29) is 36.0 Å². The third kappa shape index (κ3) is 4.45. The molecule has 1 aliphatic heterocycles. The lowest BCUT2D eigenvalue weighted by Crippen LogP contribution is -2.58. The van der Waals surface area contributed by atoms with Gasteiger partial charge in [0.1, 0.15) is 0 Å². The molecule has 2 aliphatic carbocycles. The molecule has 244 valence electrons. The normalized spacial score (nSPS) is 22.8. The van der Waals surface area contributed by atoms with E-state index in [1.807, 2.05) is 79.7 Å². The van der Waals surface area contributed by atoms with Crippen LogP contribution < -0.4 is 16.1 Å². The number of phenolic OH excluding ortho intramolecular Hbond substituents is 1. The molecule has 9 heteroatoms. The summed E-state index contributed by atoms with van der Waals surface area (Å²) in [6.07, 6.45) is 3.52. The average molecular weight is 652 g/mol. The maximum Gasteiger partial charge on any atom is 0.352 e. The van der Waals surface area contributed by atoms with Crippen molar-refractivity contribution < 1.29 is 19.4 Å². The number of hydrogen-bond acceptors (Lipinski definition) is 6. The van der Waals surface area contributed by atoms with E-state index in [2.05, 4.69) is 0 Å². The molecule has 8 rings (SSSR count). The lowest BCUT2D eigenvalue weighted by atomic mass is 9.47. The van der Waals surface area contributed by atoms with Gasteiger partial charge in [-0.2, -0.15) is 0 Å². The zero-order valence-electron chi connectivity index (χ0n) is 26.7. The van der Waals surface area contributed by atoms with Gasteiger partial charge in [-0.25, -0.2) is 23.5 Å². The Morgan fingerprint density at radius 2 is 1.51 bits per heavy atom. The van der Waals surface area contributed by atoms with Crippen molar-refractivity contribution in [3.05, 3.63) is 165 Å². The highest BCUT2D eigenvalue weighted by atomic mass is 16.5. The third-order valence-corrected chi connectivity index (χ3v) is 10.3. The molecule has 9 nitrogen and oxygen atoms in total. The number of ketones is 2. The Morgan fingerprint density at radius 3 is 2.20 bits per heavy atom. The van der Waals surface area contributed by atoms with Crippen LogP contribution in [0.4, 0.5) is 0 Å². The Morgan fingerprint density at radius 1 is 0.837 bits per heavy atom. The number of allylic oxidation sites excluding steroid dienone is 4. The van der Waals surface area contributed by atoms with Crippen LogP contribution in [0.15, 0.2) is 137 Å². The molecule has 0 radical (unpaired) electrons. The number of Topliss-reactive ketones (excluding diaryl/α,β-unsaturated/α-hetero) is 1. The number of carbonyl (C=O) groups excluding carboxylic acids is 2. The molecule has 0 amide bonds. The number of benzene rings is 4. The number of para-hydroxylation sites is 1. The van der Waals surface area contributed by atoms with E-state index in [0.717, 1.165) is 10.1 Å². The monoisotopic (exact) mass is 651 g/mol. The van der Waals surface area contributed by atoms with E-state index in [1.54, 1.807) is 36.4 Å². The molecule has 1 saturated carbocycles. The van der Waals surface area contributed by atoms with Gasteiger partial charge in [-0.15, -0.1) is 0 Å². The lowest BCUT2D eigenvalue weighted by Gasteiger charge is -2.54. The minimum Gasteiger partial charge on any atom is -0.504 e. The zero-order chi connectivity index (χ0) is 33.9. The topological polar surface area (TPSA) is 113 Å². The Labute approximate surface area is 281 Å². The minimum absolute atomic E-state index is 0.0526. The van der Waals surface area contributed by atoms with Gasteiger partial charge in [0.2, 0.25) is 0 Å². The van der Waals surface area contributed by atoms with Crippen LogP contribution in [0.1, 0.15) is 42.0 Å². The molecule has 5 aromatic rings. The molecule has 0 spiro atoms. The van der Waals surface area contributed by atoms with E-state index in [9.17, 15) is 19.5 Å². The van der Waals surface area contributed by atoms with Crippen molar-refractivity contribution in [1.29, 1.82) is 0 Å². The van der Waals surface area contributed by atoms with E-state index >= 15 is 4.79 Å². The highest BCUT2D eigenvalue weighted by Crippen LogP contribution is 2.61. The fourth-order valence-electron chi connectivity index (χ4n) is 8.29. The number of fused-ring (bicyclic) bond motifs is 4. The molecular weight excluding hydrogens is 618 g/mol. The molecule has 1 fully saturated rings. The SMILES string of the molecule is CCOc1cc(C2C3=CCn4c(=O)n(-c5ccccc5)c(=O)n4C3CC3C(=O)C(c4ccccc4)=CC(=O)C32c2ccccc2)ccc1O. The number of aromatic nitrogens is 3. The van der Waals surface area contributed by atoms with Crippen molar-refractivity contribution in [2.45, 2.75) is 37.3 Å². The van der Waals surface area contributed by atoms with Crippen molar-refractivity contribution in [2.75, 3.05) is 6.61 Å². The standard InChI is InChI=1S/C40H33N3O6/c1-2-49-34-22-26(18-19-33(34)44)36-29-20-21-41-38(47)42(28-16-10-5-11-17-28)39(48)43(41)32(29)24-31-37(46)30(25-12-6-3-7-13-25)23-35(45)40(31,36)27-14-8-4-9-15-27/h3-20,22-23,31-32,36,44H,2,21,24H2,1H3. The molecule has 4 unspecified atom stereocenters. The van der Waals surface area contributed by atoms with Gasteiger partial charge in [-0.3, -0.25) is 9.59 Å². The number of ether oxygens (including phenoxy) is 1. The molecule has 49 heavy (non-hydrogen) atoms. The summed E-state index contributed by atoms with van der Waals surface area (Å²) < 4.78 is 9.85. The first kappa shape index (κ1) is 30.4. The number of phenols is 1. The summed E-state index contributed by atoms with van der Waals surface area (Å²) in [4.78, 5) is 58.2. The lowest BCUT2D eigenvalue weighted by molar-refractivity contribution is -0.133. The second-order valence-electron chi connectivity index (χ2n) is 12.7. The first-order chi connectivity index (χ1) is 23.9. The molecule has 4 aromatic carbocycles. The fraction of sp³-hybridized carbons (Fsp3) is 0.200. The first-order valence-electron chi connectivity index (χ1n) is 16.4. The second kappa shape index (κ2) is 11.6. The quantitative estimate of drug-likeness (QED) is 0.248. The van der Waals surface area contributed by atoms with Gasteiger partial charge in [-0.05, 0) is 65.9 Å². The van der Waals surface area contributed by atoms with E-state index < -0.39 is 34.7 Å². The van der Waals surface area contributed by atoms with Crippen LogP contribution in [-0.2, 0) is 21.5 Å². The van der Waals surface area contributed by atoms with Crippen LogP contribution >= 0.6 is 0 Å². The highest BCUT2D eigenvalue weighted by Gasteiger charge is 2.63. The van der Waals surface area contributed by atoms with Crippen molar-refractivity contribution in [1.82, 2.24) is 13.9 Å². The summed E-state index contributed by atoms with van der Waals surface area (Å²) in [5.74, 6) is -1.90. The van der Waals surface area contributed by atoms with Gasteiger partial charge in [-0.1, -0.05) is 91.0 Å². The van der Waals surface area contributed by atoms with Crippen molar-refractivity contribution in [3.63, 3.8) is 0 Å². The van der Waals surface area contributed by atoms with Gasteiger partial charge in [0.15, 0.2) is 23.1 Å². The van der Waals surface area contributed by atoms with Gasteiger partial charge in [0.25, 0.3) is 0 Å². The number of hydrogen-bond donors (Lipinski definition) is 1. The van der Waals surface area contributed by atoms with E-state index in [4.69, 9.17) is 4.74 Å². The predicted octanol–water partition coefficient (Wildman–Crippen LogP) is 5.36. The number of nitrogens with zero attached hydrogens (tertiary/aromatic N) is 3. The Balaban J connectivity index is 1.43. The van der Waals surface area contributed by atoms with Crippen LogP contribution in [0, 0.1) is 5.92 Å². The largest absolute Gasteiger partial charge is 0.504 e. The summed E-state index contributed by atoms with van der Waals surface area (Å²) in [6, 6.07) is 31.5. The van der Waals surface area contributed by atoms with Crippen molar-refractivity contribution in [2.24, 2.45) is 5.92 Å². The first-order valence-corrected chi connectivity index (χ1v) is 16.4. The molecule has 2 heterocycles. The second-order valence-corrected chi connectivity index (χ2v) is 12.7. The fourth-order valence-corrected chi connectivity index (χ4v) is 8.29. The van der Waals surface area contributed by atoms with E-state index in [0.29, 0.717) is 34.6 Å². The smallest absolute Gasteiger partial charge is 0.352 e. The number of carbonyl (C=O) groups is 2. The van der Waals surface area contributed by atoms with Crippen molar-refractivity contribution in [3.8, 4) is 17.2 Å². The molecule has 3 aliphatic rings. The van der Waals surface area contributed by atoms with Crippen LogP contribution in [-0.4, -0.2) is 37.2 Å². The summed E-state index contributed by atoms with van der Waals surface area (Å²) in [5, 5.41) is 10.7. The van der Waals surface area contributed by atoms with E-state index in [1.165, 1.54) is 21.5 Å². The Kier molecular flexibility index (Phi) is 7.21. The number of aromatic hydroxyl groups is 1. The summed E-state index contributed by atoms with van der Waals surface area (Å²) in [7, 11) is 0. The summed E-state index contributed by atoms with van der Waals surface area (Å²) in [6.45, 7) is 2.21. The molecule has 1 N–H and O–H groups in total. The molecule has 1 aromatic heterocycles. The van der Waals surface area contributed by atoms with Crippen LogP contribution in [0.25, 0.3) is 11.3 Å². The van der Waals surface area contributed by atoms with Crippen LogP contribution in [0.3, 0.4) is 0 Å². The maximum atomic E-state index is 15.1. The van der Waals surface area contributed by atoms with Crippen LogP contribution in [0.5, 0.6) is 11.5 Å². The molecular formula is C40H33N3O6. The van der Waals surface area contributed by atoms with Gasteiger partial charge < -0.3 is 9.84 Å². The van der Waals surface area contributed by atoms with Gasteiger partial charge in [0.05, 0.1) is 30.3 Å². The Bertz CT molecular complexity index is 2300. The summed E-state index contributed by atoms with van der Waals surface area (Å²) in [5.41, 5.74) is 1.07. The van der Waals surface area contributed by atoms with Crippen molar-refractivity contribution >= 4 is 17.1 Å². The van der Waals surface area contributed by atoms with Gasteiger partial charge >= 0.3 is 11.4 Å². The predicted molar refractivity (Wildman–Crippen MR) is 184 cm³/mol. The minimum atomic E-state index is -1.40. The summed E-state index contributed by atoms with van der Waals surface area (Å²) >= 11 is 0. The average Bonchev–Trinajstić information content (AvgIpc) is 3.40. The molecule has 4 atom stereocenters. The van der Waals surface area contributed by atoms with Crippen LogP contribution in [0.2, 0.25) is 0 Å². The zero-order valence-corrected chi connectivity index (χ0v) is 26.7. The third-order valence-electron chi connectivity index (χ3n) is 10.3. The van der Waals surface area contributed by atoms with Gasteiger partial charge in [0, 0.05) is 17.4 Å².